The van der Waals surface area contributed by atoms with Crippen molar-refractivity contribution in [2.24, 2.45) is 0 Å². The minimum Gasteiger partial charge on any atom is -0.352 e. The molecule has 4 heteroatoms. The van der Waals surface area contributed by atoms with Crippen LogP contribution in [0.2, 0.25) is 0 Å². The quantitative estimate of drug-likeness (QED) is 0.791. The molecule has 0 aromatic rings. The predicted octanol–water partition coefficient (Wildman–Crippen LogP) is 2.15. The molecule has 1 aliphatic heterocycles. The zero-order valence-electron chi connectivity index (χ0n) is 10.7. The number of rotatable bonds is 2. The molecular formula is C12H23BrN2O. The summed E-state index contributed by atoms with van der Waals surface area (Å²) in [5, 5.41) is 3.08. The van der Waals surface area contributed by atoms with Gasteiger partial charge in [0.25, 0.3) is 0 Å². The lowest BCUT2D eigenvalue weighted by Gasteiger charge is -2.41. The fourth-order valence-electron chi connectivity index (χ4n) is 2.01. The van der Waals surface area contributed by atoms with Gasteiger partial charge in [0.2, 0.25) is 5.91 Å². The Morgan fingerprint density at radius 1 is 1.38 bits per heavy atom. The molecule has 1 saturated heterocycles. The summed E-state index contributed by atoms with van der Waals surface area (Å²) in [6.45, 7) is 10.7. The van der Waals surface area contributed by atoms with E-state index in [0.717, 1.165) is 25.9 Å². The maximum atomic E-state index is 11.5. The smallest absolute Gasteiger partial charge is 0.233 e. The van der Waals surface area contributed by atoms with Gasteiger partial charge >= 0.3 is 0 Å². The van der Waals surface area contributed by atoms with E-state index in [0.29, 0.717) is 6.04 Å². The highest BCUT2D eigenvalue weighted by molar-refractivity contribution is 9.10. The van der Waals surface area contributed by atoms with E-state index < -0.39 is 0 Å². The summed E-state index contributed by atoms with van der Waals surface area (Å²) >= 11 is 3.29. The van der Waals surface area contributed by atoms with E-state index in [2.05, 4.69) is 46.9 Å². The van der Waals surface area contributed by atoms with Crippen LogP contribution in [0.25, 0.3) is 0 Å². The molecule has 1 rings (SSSR count). The summed E-state index contributed by atoms with van der Waals surface area (Å²) in [7, 11) is 0. The molecule has 3 nitrogen and oxygen atoms in total. The van der Waals surface area contributed by atoms with Crippen molar-refractivity contribution in [1.29, 1.82) is 0 Å². The number of amides is 1. The van der Waals surface area contributed by atoms with Crippen molar-refractivity contribution in [2.45, 2.75) is 56.9 Å². The molecule has 0 aliphatic carbocycles. The van der Waals surface area contributed by atoms with Gasteiger partial charge in [-0.25, -0.2) is 0 Å². The Hall–Kier alpha value is -0.0900. The number of hydrogen-bond acceptors (Lipinski definition) is 2. The highest BCUT2D eigenvalue weighted by atomic mass is 79.9. The first-order valence-corrected chi connectivity index (χ1v) is 6.92. The molecule has 1 unspecified atom stereocenters. The monoisotopic (exact) mass is 290 g/mol. The lowest BCUT2D eigenvalue weighted by atomic mass is 9.98. The topological polar surface area (TPSA) is 32.3 Å². The van der Waals surface area contributed by atoms with Gasteiger partial charge in [-0.1, -0.05) is 15.9 Å². The zero-order chi connectivity index (χ0) is 12.3. The minimum absolute atomic E-state index is 0.0897. The summed E-state index contributed by atoms with van der Waals surface area (Å²) in [4.78, 5) is 13.9. The molecule has 1 heterocycles. The number of piperidine rings is 1. The number of carbonyl (C=O) groups is 1. The second-order valence-electron chi connectivity index (χ2n) is 5.56. The Bertz CT molecular complexity index is 240. The van der Waals surface area contributed by atoms with Crippen LogP contribution < -0.4 is 5.32 Å². The lowest BCUT2D eigenvalue weighted by molar-refractivity contribution is -0.121. The van der Waals surface area contributed by atoms with Gasteiger partial charge in [0.15, 0.2) is 0 Å². The van der Waals surface area contributed by atoms with Gasteiger partial charge in [-0.2, -0.15) is 0 Å². The van der Waals surface area contributed by atoms with Crippen LogP contribution in [-0.2, 0) is 4.79 Å². The second-order valence-corrected chi connectivity index (χ2v) is 6.93. The molecule has 16 heavy (non-hydrogen) atoms. The van der Waals surface area contributed by atoms with Crippen LogP contribution in [0.4, 0.5) is 0 Å². The van der Waals surface area contributed by atoms with Crippen LogP contribution in [0.5, 0.6) is 0 Å². The Morgan fingerprint density at radius 2 is 1.88 bits per heavy atom. The predicted molar refractivity (Wildman–Crippen MR) is 70.9 cm³/mol. The molecule has 1 fully saturated rings. The van der Waals surface area contributed by atoms with Gasteiger partial charge in [0, 0.05) is 24.7 Å². The molecule has 0 aromatic carbocycles. The van der Waals surface area contributed by atoms with Crippen molar-refractivity contribution in [3.05, 3.63) is 0 Å². The lowest BCUT2D eigenvalue weighted by Crippen LogP contribution is -2.51. The standard InChI is InChI=1S/C12H23BrN2O/c1-9(13)11(16)14-10-5-7-15(8-6-10)12(2,3)4/h9-10H,5-8H2,1-4H3,(H,14,16). The van der Waals surface area contributed by atoms with E-state index in [-0.39, 0.29) is 16.3 Å². The maximum Gasteiger partial charge on any atom is 0.233 e. The number of alkyl halides is 1. The summed E-state index contributed by atoms with van der Waals surface area (Å²) in [6.07, 6.45) is 2.12. The molecule has 94 valence electrons. The second kappa shape index (κ2) is 5.50. The van der Waals surface area contributed by atoms with E-state index >= 15 is 0 Å². The minimum atomic E-state index is -0.0897. The fourth-order valence-corrected chi connectivity index (χ4v) is 2.14. The number of halogens is 1. The summed E-state index contributed by atoms with van der Waals surface area (Å²) in [5.41, 5.74) is 0.248. The van der Waals surface area contributed by atoms with Crippen LogP contribution in [0.1, 0.15) is 40.5 Å². The van der Waals surface area contributed by atoms with Gasteiger partial charge in [-0.15, -0.1) is 0 Å². The van der Waals surface area contributed by atoms with Crippen LogP contribution in [0.3, 0.4) is 0 Å². The van der Waals surface area contributed by atoms with E-state index in [1.54, 1.807) is 0 Å². The number of nitrogens with one attached hydrogen (secondary N) is 1. The van der Waals surface area contributed by atoms with Crippen molar-refractivity contribution in [2.75, 3.05) is 13.1 Å². The first kappa shape index (κ1) is 14.0. The van der Waals surface area contributed by atoms with Gasteiger partial charge in [0.1, 0.15) is 0 Å². The third-order valence-corrected chi connectivity index (χ3v) is 3.57. The van der Waals surface area contributed by atoms with Crippen molar-refractivity contribution < 1.29 is 4.79 Å². The number of likely N-dealkylation sites (tertiary alicyclic amines) is 1. The summed E-state index contributed by atoms with van der Waals surface area (Å²) in [5.74, 6) is 0.106. The van der Waals surface area contributed by atoms with Crippen molar-refractivity contribution in [3.8, 4) is 0 Å². The van der Waals surface area contributed by atoms with Crippen molar-refractivity contribution in [3.63, 3.8) is 0 Å². The number of hydrogen-bond donors (Lipinski definition) is 1. The van der Waals surface area contributed by atoms with E-state index in [4.69, 9.17) is 0 Å². The molecule has 0 radical (unpaired) electrons. The maximum absolute atomic E-state index is 11.5. The van der Waals surface area contributed by atoms with E-state index in [1.165, 1.54) is 0 Å². The van der Waals surface area contributed by atoms with Crippen LogP contribution in [0, 0.1) is 0 Å². The van der Waals surface area contributed by atoms with Crippen LogP contribution >= 0.6 is 15.9 Å². The molecule has 1 aliphatic rings. The number of carbonyl (C=O) groups excluding carboxylic acids is 1. The van der Waals surface area contributed by atoms with Crippen molar-refractivity contribution in [1.82, 2.24) is 10.2 Å². The average Bonchev–Trinajstić information content (AvgIpc) is 2.17. The molecule has 1 atom stereocenters. The highest BCUT2D eigenvalue weighted by Crippen LogP contribution is 2.20. The van der Waals surface area contributed by atoms with E-state index in [9.17, 15) is 4.79 Å². The fraction of sp³-hybridized carbons (Fsp3) is 0.917. The van der Waals surface area contributed by atoms with Crippen LogP contribution in [0.15, 0.2) is 0 Å². The summed E-state index contributed by atoms with van der Waals surface area (Å²) in [6, 6.07) is 0.353. The van der Waals surface area contributed by atoms with Crippen LogP contribution in [-0.4, -0.2) is 40.3 Å². The Kier molecular flexibility index (Phi) is 4.80. The Labute approximate surface area is 107 Å². The van der Waals surface area contributed by atoms with E-state index in [1.807, 2.05) is 6.92 Å². The first-order valence-electron chi connectivity index (χ1n) is 6.00. The zero-order valence-corrected chi connectivity index (χ0v) is 12.3. The Morgan fingerprint density at radius 3 is 2.25 bits per heavy atom. The van der Waals surface area contributed by atoms with Gasteiger partial charge in [0.05, 0.1) is 4.83 Å². The normalized spacial score (nSPS) is 21.8. The third-order valence-electron chi connectivity index (χ3n) is 3.15. The van der Waals surface area contributed by atoms with Gasteiger partial charge in [-0.05, 0) is 40.5 Å². The Balaban J connectivity index is 2.35. The van der Waals surface area contributed by atoms with Crippen molar-refractivity contribution >= 4 is 21.8 Å². The SMILES string of the molecule is CC(Br)C(=O)NC1CCN(C(C)(C)C)CC1. The molecule has 0 bridgehead atoms. The molecule has 1 N–H and O–H groups in total. The third kappa shape index (κ3) is 4.06. The number of nitrogens with zero attached hydrogens (tertiary/aromatic N) is 1. The average molecular weight is 291 g/mol. The molecule has 1 amide bonds. The van der Waals surface area contributed by atoms with Gasteiger partial charge in [-0.3, -0.25) is 9.69 Å². The molecule has 0 spiro atoms. The summed E-state index contributed by atoms with van der Waals surface area (Å²) < 4.78 is 0. The first-order chi connectivity index (χ1) is 7.30. The molecular weight excluding hydrogens is 268 g/mol. The highest BCUT2D eigenvalue weighted by Gasteiger charge is 2.27. The largest absolute Gasteiger partial charge is 0.352 e. The molecule has 0 saturated carbocycles. The van der Waals surface area contributed by atoms with Gasteiger partial charge < -0.3 is 5.32 Å². The molecule has 0 aromatic heterocycles.